The number of hydrogen-bond donors (Lipinski definition) is 1. The maximum atomic E-state index is 12.5. The molecule has 3 heteroatoms. The molecular weight excluding hydrogens is 288 g/mol. The summed E-state index contributed by atoms with van der Waals surface area (Å²) in [5.41, 5.74) is 1.63. The molecule has 0 spiro atoms. The highest BCUT2D eigenvalue weighted by molar-refractivity contribution is 6.17. The zero-order valence-corrected chi connectivity index (χ0v) is 12.3. The quantitative estimate of drug-likeness (QED) is 0.573. The molecule has 0 fully saturated rings. The van der Waals surface area contributed by atoms with Gasteiger partial charge in [0.25, 0.3) is 0 Å². The molecule has 0 unspecified atom stereocenters. The Bertz CT molecular complexity index is 909. The van der Waals surface area contributed by atoms with Crippen LogP contribution in [0.15, 0.2) is 72.8 Å². The molecule has 0 aliphatic rings. The number of benzene rings is 3. The standard InChI is InChI=1S/C20H14O3/c21-19(13-10-14-6-2-1-3-7-14)17-11-12-18(20(22)23)16-9-5-4-8-15(16)17/h1-13H,(H,22,23)/b13-10+. The smallest absolute Gasteiger partial charge is 0.336 e. The molecule has 0 aliphatic heterocycles. The van der Waals surface area contributed by atoms with Crippen molar-refractivity contribution in [1.82, 2.24) is 0 Å². The third kappa shape index (κ3) is 3.04. The first kappa shape index (κ1) is 14.7. The molecule has 3 rings (SSSR count). The molecule has 23 heavy (non-hydrogen) atoms. The van der Waals surface area contributed by atoms with Crippen LogP contribution in [0.4, 0.5) is 0 Å². The lowest BCUT2D eigenvalue weighted by Gasteiger charge is -2.06. The maximum Gasteiger partial charge on any atom is 0.336 e. The second-order valence-corrected chi connectivity index (χ2v) is 5.12. The minimum Gasteiger partial charge on any atom is -0.478 e. The predicted octanol–water partition coefficient (Wildman–Crippen LogP) is 4.43. The van der Waals surface area contributed by atoms with Gasteiger partial charge in [-0.25, -0.2) is 4.79 Å². The van der Waals surface area contributed by atoms with E-state index in [4.69, 9.17) is 0 Å². The van der Waals surface area contributed by atoms with E-state index in [1.54, 1.807) is 36.4 Å². The van der Waals surface area contributed by atoms with Gasteiger partial charge in [0, 0.05) is 5.56 Å². The van der Waals surface area contributed by atoms with Crippen LogP contribution >= 0.6 is 0 Å². The summed E-state index contributed by atoms with van der Waals surface area (Å²) in [6.07, 6.45) is 3.26. The number of allylic oxidation sites excluding steroid dienone is 1. The van der Waals surface area contributed by atoms with Crippen molar-refractivity contribution in [2.24, 2.45) is 0 Å². The molecule has 3 aromatic rings. The summed E-state index contributed by atoms with van der Waals surface area (Å²) in [5, 5.41) is 10.5. The average molecular weight is 302 g/mol. The van der Waals surface area contributed by atoms with Crippen molar-refractivity contribution >= 4 is 28.6 Å². The van der Waals surface area contributed by atoms with Crippen molar-refractivity contribution < 1.29 is 14.7 Å². The van der Waals surface area contributed by atoms with Gasteiger partial charge in [-0.15, -0.1) is 0 Å². The summed E-state index contributed by atoms with van der Waals surface area (Å²) in [6.45, 7) is 0. The number of carbonyl (C=O) groups is 2. The molecule has 0 bridgehead atoms. The largest absolute Gasteiger partial charge is 0.478 e. The van der Waals surface area contributed by atoms with Crippen LogP contribution in [0.25, 0.3) is 16.8 Å². The Hall–Kier alpha value is -3.20. The first-order valence-electron chi connectivity index (χ1n) is 7.19. The highest BCUT2D eigenvalue weighted by Crippen LogP contribution is 2.24. The lowest BCUT2D eigenvalue weighted by atomic mass is 9.97. The molecular formula is C20H14O3. The third-order valence-corrected chi connectivity index (χ3v) is 3.65. The van der Waals surface area contributed by atoms with Gasteiger partial charge in [0.2, 0.25) is 0 Å². The first-order chi connectivity index (χ1) is 11.2. The van der Waals surface area contributed by atoms with Crippen LogP contribution in [-0.2, 0) is 0 Å². The molecule has 1 N–H and O–H groups in total. The van der Waals surface area contributed by atoms with Crippen LogP contribution < -0.4 is 0 Å². The average Bonchev–Trinajstić information content (AvgIpc) is 2.59. The van der Waals surface area contributed by atoms with E-state index in [-0.39, 0.29) is 11.3 Å². The number of fused-ring (bicyclic) bond motifs is 1. The highest BCUT2D eigenvalue weighted by Gasteiger charge is 2.13. The van der Waals surface area contributed by atoms with Crippen LogP contribution in [0.1, 0.15) is 26.3 Å². The number of ketones is 1. The van der Waals surface area contributed by atoms with E-state index in [1.165, 1.54) is 12.1 Å². The van der Waals surface area contributed by atoms with Crippen LogP contribution in [0.3, 0.4) is 0 Å². The molecule has 112 valence electrons. The van der Waals surface area contributed by atoms with Crippen molar-refractivity contribution in [3.05, 3.63) is 89.5 Å². The SMILES string of the molecule is O=C(O)c1ccc(C(=O)/C=C/c2ccccc2)c2ccccc12. The Morgan fingerprint density at radius 1 is 0.739 bits per heavy atom. The van der Waals surface area contributed by atoms with E-state index in [1.807, 2.05) is 30.3 Å². The van der Waals surface area contributed by atoms with Gasteiger partial charge < -0.3 is 5.11 Å². The molecule has 3 aromatic carbocycles. The van der Waals surface area contributed by atoms with Gasteiger partial charge in [-0.3, -0.25) is 4.79 Å². The number of carboxylic acid groups (broad SMARTS) is 1. The number of hydrogen-bond acceptors (Lipinski definition) is 2. The molecule has 0 heterocycles. The molecule has 0 atom stereocenters. The lowest BCUT2D eigenvalue weighted by Crippen LogP contribution is -2.02. The van der Waals surface area contributed by atoms with Gasteiger partial charge >= 0.3 is 5.97 Å². The molecule has 0 saturated carbocycles. The second-order valence-electron chi connectivity index (χ2n) is 5.12. The molecule has 0 amide bonds. The van der Waals surface area contributed by atoms with Gasteiger partial charge in [0.05, 0.1) is 5.56 Å². The fourth-order valence-electron chi connectivity index (χ4n) is 2.53. The van der Waals surface area contributed by atoms with Crippen LogP contribution in [0, 0.1) is 0 Å². The predicted molar refractivity (Wildman–Crippen MR) is 90.7 cm³/mol. The Morgan fingerprint density at radius 2 is 1.30 bits per heavy atom. The highest BCUT2D eigenvalue weighted by atomic mass is 16.4. The summed E-state index contributed by atoms with van der Waals surface area (Å²) in [5.74, 6) is -1.15. The van der Waals surface area contributed by atoms with Crippen molar-refractivity contribution in [3.63, 3.8) is 0 Å². The Kier molecular flexibility index (Phi) is 4.02. The molecule has 0 aromatic heterocycles. The third-order valence-electron chi connectivity index (χ3n) is 3.65. The summed E-state index contributed by atoms with van der Waals surface area (Å²) in [4.78, 5) is 23.8. The molecule has 0 saturated heterocycles. The monoisotopic (exact) mass is 302 g/mol. The van der Waals surface area contributed by atoms with Crippen molar-refractivity contribution in [2.75, 3.05) is 0 Å². The topological polar surface area (TPSA) is 54.4 Å². The molecule has 0 aliphatic carbocycles. The van der Waals surface area contributed by atoms with Crippen molar-refractivity contribution in [3.8, 4) is 0 Å². The summed E-state index contributed by atoms with van der Waals surface area (Å²) < 4.78 is 0. The normalized spacial score (nSPS) is 11.0. The zero-order valence-electron chi connectivity index (χ0n) is 12.3. The van der Waals surface area contributed by atoms with Crippen LogP contribution in [-0.4, -0.2) is 16.9 Å². The van der Waals surface area contributed by atoms with Crippen LogP contribution in [0.2, 0.25) is 0 Å². The van der Waals surface area contributed by atoms with E-state index in [0.29, 0.717) is 16.3 Å². The number of rotatable bonds is 4. The summed E-state index contributed by atoms with van der Waals surface area (Å²) in [6, 6.07) is 19.7. The van der Waals surface area contributed by atoms with Gasteiger partial charge in [0.1, 0.15) is 0 Å². The minimum absolute atomic E-state index is 0.151. The van der Waals surface area contributed by atoms with E-state index in [0.717, 1.165) is 5.56 Å². The number of carboxylic acids is 1. The second kappa shape index (κ2) is 6.28. The Balaban J connectivity index is 2.03. The van der Waals surface area contributed by atoms with Crippen molar-refractivity contribution in [1.29, 1.82) is 0 Å². The zero-order chi connectivity index (χ0) is 16.2. The van der Waals surface area contributed by atoms with Gasteiger partial charge in [0.15, 0.2) is 5.78 Å². The fraction of sp³-hybridized carbons (Fsp3) is 0. The fourth-order valence-corrected chi connectivity index (χ4v) is 2.53. The number of aromatic carboxylic acids is 1. The number of carbonyl (C=O) groups excluding carboxylic acids is 1. The van der Waals surface area contributed by atoms with E-state index in [9.17, 15) is 14.7 Å². The summed E-state index contributed by atoms with van der Waals surface area (Å²) >= 11 is 0. The van der Waals surface area contributed by atoms with E-state index < -0.39 is 5.97 Å². The maximum absolute atomic E-state index is 12.5. The first-order valence-corrected chi connectivity index (χ1v) is 7.19. The van der Waals surface area contributed by atoms with E-state index in [2.05, 4.69) is 0 Å². The minimum atomic E-state index is -1.000. The van der Waals surface area contributed by atoms with Gasteiger partial charge in [-0.1, -0.05) is 60.7 Å². The van der Waals surface area contributed by atoms with E-state index >= 15 is 0 Å². The van der Waals surface area contributed by atoms with Crippen molar-refractivity contribution in [2.45, 2.75) is 0 Å². The van der Waals surface area contributed by atoms with Crippen LogP contribution in [0.5, 0.6) is 0 Å². The lowest BCUT2D eigenvalue weighted by molar-refractivity contribution is 0.0698. The summed E-state index contributed by atoms with van der Waals surface area (Å²) in [7, 11) is 0. The van der Waals surface area contributed by atoms with Gasteiger partial charge in [-0.2, -0.15) is 0 Å². The van der Waals surface area contributed by atoms with Gasteiger partial charge in [-0.05, 0) is 34.5 Å². The molecule has 0 radical (unpaired) electrons. The Morgan fingerprint density at radius 3 is 1.96 bits per heavy atom. The molecule has 3 nitrogen and oxygen atoms in total. The Labute approximate surface area is 133 Å².